The molecule has 0 aliphatic rings. The summed E-state index contributed by atoms with van der Waals surface area (Å²) in [5.74, 6) is -4.00. The van der Waals surface area contributed by atoms with E-state index in [-0.39, 0.29) is 12.3 Å². The van der Waals surface area contributed by atoms with Gasteiger partial charge in [-0.3, -0.25) is 19.7 Å². The Morgan fingerprint density at radius 1 is 1.00 bits per heavy atom. The molecule has 11 heteroatoms. The van der Waals surface area contributed by atoms with E-state index in [0.717, 1.165) is 6.92 Å². The molecule has 0 N–H and O–H groups in total. The molecule has 0 unspecified atom stereocenters. The average Bonchev–Trinajstić information content (AvgIpc) is 2.64. The van der Waals surface area contributed by atoms with Gasteiger partial charge in [-0.05, 0) is 52.3 Å². The van der Waals surface area contributed by atoms with Gasteiger partial charge in [0.1, 0.15) is 12.2 Å². The Balaban J connectivity index is 2.81. The van der Waals surface area contributed by atoms with Crippen molar-refractivity contribution in [2.24, 2.45) is 10.6 Å². The van der Waals surface area contributed by atoms with Crippen LogP contribution < -0.4 is 0 Å². The van der Waals surface area contributed by atoms with Gasteiger partial charge >= 0.3 is 17.9 Å². The van der Waals surface area contributed by atoms with Crippen LogP contribution in [-0.4, -0.2) is 39.9 Å². The van der Waals surface area contributed by atoms with Gasteiger partial charge in [0, 0.05) is 19.1 Å². The standard InChI is InChI=1S/C20H24N2O9/c1-12(23)15(16(24)30-19(2,3)4)21-31-18(26)20(5,6)17(25)29-11-13-7-9-14(10-8-13)22(27)28/h7-10H,11H2,1-6H3/b21-15-. The molecule has 0 aromatic heterocycles. The van der Waals surface area contributed by atoms with E-state index in [1.54, 1.807) is 20.8 Å². The highest BCUT2D eigenvalue weighted by Crippen LogP contribution is 2.21. The fraction of sp³-hybridized carbons (Fsp3) is 0.450. The van der Waals surface area contributed by atoms with Crippen LogP contribution in [0.25, 0.3) is 0 Å². The number of oxime groups is 1. The second-order valence-electron chi connectivity index (χ2n) is 8.00. The molecule has 0 saturated heterocycles. The molecule has 168 valence electrons. The van der Waals surface area contributed by atoms with Gasteiger partial charge in [0.2, 0.25) is 5.71 Å². The molecular formula is C20H24N2O9. The molecule has 0 amide bonds. The number of carbonyl (C=O) groups excluding carboxylic acids is 4. The van der Waals surface area contributed by atoms with Crippen LogP contribution in [0.2, 0.25) is 0 Å². The zero-order chi connectivity index (χ0) is 24.0. The van der Waals surface area contributed by atoms with Crippen molar-refractivity contribution in [3.8, 4) is 0 Å². The molecular weight excluding hydrogens is 412 g/mol. The number of benzene rings is 1. The molecule has 1 aromatic carbocycles. The first-order chi connectivity index (χ1) is 14.1. The van der Waals surface area contributed by atoms with E-state index < -0.39 is 45.3 Å². The molecule has 0 bridgehead atoms. The minimum atomic E-state index is -1.82. The van der Waals surface area contributed by atoms with Gasteiger partial charge < -0.3 is 14.3 Å². The number of nitrogens with zero attached hydrogens (tertiary/aromatic N) is 2. The second kappa shape index (κ2) is 9.92. The van der Waals surface area contributed by atoms with Crippen LogP contribution in [0.4, 0.5) is 5.69 Å². The van der Waals surface area contributed by atoms with E-state index in [9.17, 15) is 29.3 Å². The highest BCUT2D eigenvalue weighted by atomic mass is 16.7. The summed E-state index contributed by atoms with van der Waals surface area (Å²) in [4.78, 5) is 63.0. The molecule has 1 aromatic rings. The second-order valence-corrected chi connectivity index (χ2v) is 8.00. The van der Waals surface area contributed by atoms with Crippen molar-refractivity contribution in [1.82, 2.24) is 0 Å². The highest BCUT2D eigenvalue weighted by molar-refractivity contribution is 6.63. The van der Waals surface area contributed by atoms with E-state index in [0.29, 0.717) is 5.56 Å². The monoisotopic (exact) mass is 436 g/mol. The highest BCUT2D eigenvalue weighted by Gasteiger charge is 2.40. The third kappa shape index (κ3) is 7.61. The Kier molecular flexibility index (Phi) is 8.13. The number of nitro benzene ring substituents is 1. The summed E-state index contributed by atoms with van der Waals surface area (Å²) in [5, 5.41) is 13.9. The maximum Gasteiger partial charge on any atom is 0.364 e. The van der Waals surface area contributed by atoms with Crippen LogP contribution >= 0.6 is 0 Å². The molecule has 31 heavy (non-hydrogen) atoms. The van der Waals surface area contributed by atoms with Crippen LogP contribution in [0.1, 0.15) is 47.1 Å². The summed E-state index contributed by atoms with van der Waals surface area (Å²) in [7, 11) is 0. The van der Waals surface area contributed by atoms with Crippen molar-refractivity contribution < 1.29 is 38.4 Å². The van der Waals surface area contributed by atoms with E-state index in [4.69, 9.17) is 9.47 Å². The summed E-state index contributed by atoms with van der Waals surface area (Å²) in [6.07, 6.45) is 0. The number of rotatable bonds is 8. The van der Waals surface area contributed by atoms with Crippen molar-refractivity contribution in [2.75, 3.05) is 0 Å². The molecule has 1 rings (SSSR count). The van der Waals surface area contributed by atoms with Crippen LogP contribution in [0, 0.1) is 15.5 Å². The van der Waals surface area contributed by atoms with Gasteiger partial charge in [0.15, 0.2) is 11.2 Å². The normalized spacial score (nSPS) is 12.0. The third-order valence-electron chi connectivity index (χ3n) is 3.68. The van der Waals surface area contributed by atoms with E-state index in [1.165, 1.54) is 38.1 Å². The molecule has 0 spiro atoms. The maximum absolute atomic E-state index is 12.3. The molecule has 0 radical (unpaired) electrons. The number of nitro groups is 1. The van der Waals surface area contributed by atoms with Gasteiger partial charge in [0.05, 0.1) is 4.92 Å². The quantitative estimate of drug-likeness (QED) is 0.149. The Bertz CT molecular complexity index is 910. The summed E-state index contributed by atoms with van der Waals surface area (Å²) in [5.41, 5.74) is -3.12. The fourth-order valence-corrected chi connectivity index (χ4v) is 1.90. The van der Waals surface area contributed by atoms with Crippen molar-refractivity contribution in [3.63, 3.8) is 0 Å². The van der Waals surface area contributed by atoms with E-state index >= 15 is 0 Å². The minimum Gasteiger partial charge on any atom is -0.460 e. The topological polar surface area (TPSA) is 151 Å². The Morgan fingerprint density at radius 2 is 1.55 bits per heavy atom. The van der Waals surface area contributed by atoms with Gasteiger partial charge in [-0.15, -0.1) is 0 Å². The molecule has 0 heterocycles. The molecule has 0 fully saturated rings. The van der Waals surface area contributed by atoms with Crippen LogP contribution in [-0.2, 0) is 40.1 Å². The number of ether oxygens (including phenoxy) is 2. The predicted molar refractivity (Wildman–Crippen MR) is 107 cm³/mol. The van der Waals surface area contributed by atoms with Crippen LogP contribution in [0.15, 0.2) is 29.4 Å². The van der Waals surface area contributed by atoms with E-state index in [1.807, 2.05) is 0 Å². The minimum absolute atomic E-state index is 0.122. The Labute approximate surface area is 178 Å². The lowest BCUT2D eigenvalue weighted by Gasteiger charge is -2.20. The van der Waals surface area contributed by atoms with Crippen molar-refractivity contribution >= 4 is 35.1 Å². The van der Waals surface area contributed by atoms with Crippen molar-refractivity contribution in [1.29, 1.82) is 0 Å². The predicted octanol–water partition coefficient (Wildman–Crippen LogP) is 2.49. The number of hydrogen-bond donors (Lipinski definition) is 0. The van der Waals surface area contributed by atoms with Crippen LogP contribution in [0.3, 0.4) is 0 Å². The number of ketones is 1. The van der Waals surface area contributed by atoms with Gasteiger partial charge in [-0.2, -0.15) is 0 Å². The van der Waals surface area contributed by atoms with Crippen LogP contribution in [0.5, 0.6) is 0 Å². The number of Topliss-reactive ketones (excluding diaryl/α,β-unsaturated/α-hetero) is 1. The summed E-state index contributed by atoms with van der Waals surface area (Å²) in [6.45, 7) is 7.97. The summed E-state index contributed by atoms with van der Waals surface area (Å²) < 4.78 is 10.1. The number of hydrogen-bond acceptors (Lipinski definition) is 10. The molecule has 11 nitrogen and oxygen atoms in total. The first-order valence-corrected chi connectivity index (χ1v) is 9.09. The molecule has 0 atom stereocenters. The zero-order valence-electron chi connectivity index (χ0n) is 18.1. The zero-order valence-corrected chi connectivity index (χ0v) is 18.1. The lowest BCUT2D eigenvalue weighted by Crippen LogP contribution is -2.37. The maximum atomic E-state index is 12.3. The van der Waals surface area contributed by atoms with Gasteiger partial charge in [-0.1, -0.05) is 5.16 Å². The number of non-ortho nitro benzene ring substituents is 1. The Morgan fingerprint density at radius 3 is 2.00 bits per heavy atom. The largest absolute Gasteiger partial charge is 0.460 e. The van der Waals surface area contributed by atoms with Gasteiger partial charge in [-0.25, -0.2) is 9.59 Å². The molecule has 0 aliphatic carbocycles. The molecule has 0 saturated carbocycles. The third-order valence-corrected chi connectivity index (χ3v) is 3.68. The molecule has 0 aliphatic heterocycles. The smallest absolute Gasteiger partial charge is 0.364 e. The Hall–Kier alpha value is -3.63. The number of carbonyl (C=O) groups is 4. The first kappa shape index (κ1) is 25.4. The average molecular weight is 436 g/mol. The lowest BCUT2D eigenvalue weighted by molar-refractivity contribution is -0.384. The fourth-order valence-electron chi connectivity index (χ4n) is 1.90. The van der Waals surface area contributed by atoms with Crippen molar-refractivity contribution in [2.45, 2.75) is 53.8 Å². The first-order valence-electron chi connectivity index (χ1n) is 9.09. The van der Waals surface area contributed by atoms with Gasteiger partial charge in [0.25, 0.3) is 5.69 Å². The summed E-state index contributed by atoms with van der Waals surface area (Å²) in [6, 6.07) is 5.30. The summed E-state index contributed by atoms with van der Waals surface area (Å²) >= 11 is 0. The SMILES string of the molecule is CC(=O)/C(=N/OC(=O)C(C)(C)C(=O)OCc1ccc([N+](=O)[O-])cc1)C(=O)OC(C)(C)C. The lowest BCUT2D eigenvalue weighted by atomic mass is 9.94. The van der Waals surface area contributed by atoms with Crippen molar-refractivity contribution in [3.05, 3.63) is 39.9 Å². The number of esters is 2. The van der Waals surface area contributed by atoms with E-state index in [2.05, 4.69) is 9.99 Å².